The summed E-state index contributed by atoms with van der Waals surface area (Å²) in [5.74, 6) is 1.90. The molecule has 1 amide bonds. The minimum Gasteiger partial charge on any atom is -0.352 e. The van der Waals surface area contributed by atoms with E-state index < -0.39 is 0 Å². The highest BCUT2D eigenvalue weighted by molar-refractivity contribution is 5.87. The van der Waals surface area contributed by atoms with E-state index in [2.05, 4.69) is 20.0 Å². The van der Waals surface area contributed by atoms with E-state index in [-0.39, 0.29) is 17.9 Å². The van der Waals surface area contributed by atoms with Crippen LogP contribution in [0.15, 0.2) is 6.20 Å². The third-order valence-corrected chi connectivity index (χ3v) is 5.46. The molecule has 134 valence electrons. The quantitative estimate of drug-likeness (QED) is 0.851. The topological polar surface area (TPSA) is 93.2 Å². The second-order valence-corrected chi connectivity index (χ2v) is 7.11. The largest absolute Gasteiger partial charge is 0.352 e. The van der Waals surface area contributed by atoms with Crippen molar-refractivity contribution in [3.05, 3.63) is 12.0 Å². The molecule has 2 aromatic heterocycles. The average molecular weight is 343 g/mol. The summed E-state index contributed by atoms with van der Waals surface area (Å²) in [5.41, 5.74) is 6.95. The molecule has 2 atom stereocenters. The molecule has 25 heavy (non-hydrogen) atoms. The first-order valence-corrected chi connectivity index (χ1v) is 9.00. The van der Waals surface area contributed by atoms with Gasteiger partial charge in [0.1, 0.15) is 11.6 Å². The summed E-state index contributed by atoms with van der Waals surface area (Å²) >= 11 is 0. The van der Waals surface area contributed by atoms with E-state index in [0.29, 0.717) is 13.1 Å². The number of amides is 1. The van der Waals surface area contributed by atoms with Crippen LogP contribution >= 0.6 is 0 Å². The van der Waals surface area contributed by atoms with Gasteiger partial charge < -0.3 is 15.5 Å². The number of hydrogen-bond acceptors (Lipinski definition) is 6. The number of hydrogen-bond donors (Lipinski definition) is 1. The van der Waals surface area contributed by atoms with Crippen molar-refractivity contribution in [1.29, 1.82) is 0 Å². The van der Waals surface area contributed by atoms with E-state index in [9.17, 15) is 4.79 Å². The van der Waals surface area contributed by atoms with Crippen LogP contribution in [-0.2, 0) is 11.8 Å². The van der Waals surface area contributed by atoms with Gasteiger partial charge in [-0.15, -0.1) is 0 Å². The van der Waals surface area contributed by atoms with Crippen LogP contribution in [0.2, 0.25) is 0 Å². The molecule has 4 rings (SSSR count). The van der Waals surface area contributed by atoms with Gasteiger partial charge >= 0.3 is 0 Å². The van der Waals surface area contributed by atoms with E-state index in [0.717, 1.165) is 55.0 Å². The van der Waals surface area contributed by atoms with E-state index in [1.165, 1.54) is 0 Å². The standard InChI is InChI=1S/C17H25N7O/c1-11-20-15-13(10-19-22(15)2)16(21-11)23-6-8-24(9-7-23)17(25)12-4-3-5-14(12)18/h10,12,14H,3-9,18H2,1-2H3/t12-,14-/m0/s1. The van der Waals surface area contributed by atoms with Crippen LogP contribution in [0.4, 0.5) is 5.82 Å². The lowest BCUT2D eigenvalue weighted by Crippen LogP contribution is -2.52. The summed E-state index contributed by atoms with van der Waals surface area (Å²) in [6.45, 7) is 4.87. The highest BCUT2D eigenvalue weighted by atomic mass is 16.2. The Labute approximate surface area is 147 Å². The number of piperazine rings is 1. The van der Waals surface area contributed by atoms with Crippen molar-refractivity contribution >= 4 is 22.8 Å². The second-order valence-electron chi connectivity index (χ2n) is 7.11. The number of aryl methyl sites for hydroxylation is 2. The van der Waals surface area contributed by atoms with Crippen LogP contribution in [0.25, 0.3) is 11.0 Å². The second kappa shape index (κ2) is 6.25. The van der Waals surface area contributed by atoms with Crippen molar-refractivity contribution in [3.63, 3.8) is 0 Å². The van der Waals surface area contributed by atoms with Gasteiger partial charge in [0.25, 0.3) is 0 Å². The van der Waals surface area contributed by atoms with Gasteiger partial charge in [-0.3, -0.25) is 9.48 Å². The van der Waals surface area contributed by atoms with Gasteiger partial charge in [-0.05, 0) is 19.8 Å². The minimum absolute atomic E-state index is 0.0119. The SMILES string of the molecule is Cc1nc(N2CCN(C(=O)[C@H]3CCC[C@@H]3N)CC2)c2cnn(C)c2n1. The molecule has 1 saturated heterocycles. The van der Waals surface area contributed by atoms with Gasteiger partial charge in [-0.25, -0.2) is 9.97 Å². The summed E-state index contributed by atoms with van der Waals surface area (Å²) in [6, 6.07) is 0.0325. The van der Waals surface area contributed by atoms with Crippen molar-refractivity contribution in [2.24, 2.45) is 18.7 Å². The zero-order chi connectivity index (χ0) is 17.6. The lowest BCUT2D eigenvalue weighted by Gasteiger charge is -2.37. The minimum atomic E-state index is 0.0119. The predicted molar refractivity (Wildman–Crippen MR) is 95.2 cm³/mol. The molecular formula is C17H25N7O. The normalized spacial score (nSPS) is 24.3. The molecule has 0 aromatic carbocycles. The first kappa shape index (κ1) is 16.3. The highest BCUT2D eigenvalue weighted by Crippen LogP contribution is 2.28. The van der Waals surface area contributed by atoms with Crippen molar-refractivity contribution in [2.45, 2.75) is 32.2 Å². The fraction of sp³-hybridized carbons (Fsp3) is 0.647. The lowest BCUT2D eigenvalue weighted by atomic mass is 10.0. The van der Waals surface area contributed by atoms with E-state index >= 15 is 0 Å². The molecule has 3 heterocycles. The maximum atomic E-state index is 12.7. The summed E-state index contributed by atoms with van der Waals surface area (Å²) in [4.78, 5) is 26.0. The van der Waals surface area contributed by atoms with Crippen molar-refractivity contribution in [1.82, 2.24) is 24.6 Å². The van der Waals surface area contributed by atoms with Gasteiger partial charge in [0.05, 0.1) is 17.5 Å². The fourth-order valence-electron chi connectivity index (χ4n) is 4.02. The Bertz CT molecular complexity index is 794. The Kier molecular flexibility index (Phi) is 4.07. The molecule has 0 unspecified atom stereocenters. The number of carbonyl (C=O) groups excluding carboxylic acids is 1. The highest BCUT2D eigenvalue weighted by Gasteiger charge is 2.34. The van der Waals surface area contributed by atoms with Crippen LogP contribution < -0.4 is 10.6 Å². The Morgan fingerprint density at radius 1 is 1.20 bits per heavy atom. The van der Waals surface area contributed by atoms with Gasteiger partial charge in [0.15, 0.2) is 5.65 Å². The van der Waals surface area contributed by atoms with E-state index in [4.69, 9.17) is 5.73 Å². The Balaban J connectivity index is 1.50. The lowest BCUT2D eigenvalue weighted by molar-refractivity contribution is -0.136. The molecular weight excluding hydrogens is 318 g/mol. The summed E-state index contributed by atoms with van der Waals surface area (Å²) in [6.07, 6.45) is 4.78. The molecule has 8 heteroatoms. The molecule has 2 N–H and O–H groups in total. The van der Waals surface area contributed by atoms with Crippen LogP contribution in [0.1, 0.15) is 25.1 Å². The van der Waals surface area contributed by atoms with Crippen molar-refractivity contribution in [3.8, 4) is 0 Å². The summed E-state index contributed by atoms with van der Waals surface area (Å²) in [7, 11) is 1.89. The van der Waals surface area contributed by atoms with Crippen LogP contribution in [0, 0.1) is 12.8 Å². The number of aromatic nitrogens is 4. The van der Waals surface area contributed by atoms with Gasteiger partial charge in [-0.2, -0.15) is 5.10 Å². The number of nitrogens with zero attached hydrogens (tertiary/aromatic N) is 6. The average Bonchev–Trinajstić information content (AvgIpc) is 3.20. The molecule has 2 fully saturated rings. The maximum Gasteiger partial charge on any atom is 0.227 e. The molecule has 8 nitrogen and oxygen atoms in total. The Hall–Kier alpha value is -2.22. The zero-order valence-corrected chi connectivity index (χ0v) is 14.9. The van der Waals surface area contributed by atoms with Crippen molar-refractivity contribution < 1.29 is 4.79 Å². The fourth-order valence-corrected chi connectivity index (χ4v) is 4.02. The summed E-state index contributed by atoms with van der Waals surface area (Å²) in [5, 5.41) is 5.27. The first-order chi connectivity index (χ1) is 12.0. The van der Waals surface area contributed by atoms with Crippen LogP contribution in [0.5, 0.6) is 0 Å². The Morgan fingerprint density at radius 3 is 2.64 bits per heavy atom. The zero-order valence-electron chi connectivity index (χ0n) is 14.9. The monoisotopic (exact) mass is 343 g/mol. The third kappa shape index (κ3) is 2.84. The number of fused-ring (bicyclic) bond motifs is 1. The van der Waals surface area contributed by atoms with Crippen molar-refractivity contribution in [2.75, 3.05) is 31.1 Å². The maximum absolute atomic E-state index is 12.7. The molecule has 2 aromatic rings. The number of rotatable bonds is 2. The molecule has 1 aliphatic heterocycles. The number of nitrogens with two attached hydrogens (primary N) is 1. The molecule has 0 radical (unpaired) electrons. The number of carbonyl (C=O) groups is 1. The third-order valence-electron chi connectivity index (χ3n) is 5.46. The molecule has 1 saturated carbocycles. The number of anilines is 1. The molecule has 0 spiro atoms. The van der Waals surface area contributed by atoms with Gasteiger partial charge in [-0.1, -0.05) is 6.42 Å². The van der Waals surface area contributed by atoms with Crippen LogP contribution in [0.3, 0.4) is 0 Å². The smallest absolute Gasteiger partial charge is 0.227 e. The predicted octanol–water partition coefficient (Wildman–Crippen LogP) is 0.448. The van der Waals surface area contributed by atoms with E-state index in [1.54, 1.807) is 4.68 Å². The van der Waals surface area contributed by atoms with E-state index in [1.807, 2.05) is 25.1 Å². The molecule has 1 aliphatic carbocycles. The van der Waals surface area contributed by atoms with Gasteiger partial charge in [0.2, 0.25) is 5.91 Å². The Morgan fingerprint density at radius 2 is 1.96 bits per heavy atom. The summed E-state index contributed by atoms with van der Waals surface area (Å²) < 4.78 is 1.77. The van der Waals surface area contributed by atoms with Gasteiger partial charge in [0, 0.05) is 39.3 Å². The first-order valence-electron chi connectivity index (χ1n) is 9.00. The molecule has 0 bridgehead atoms. The van der Waals surface area contributed by atoms with Crippen LogP contribution in [-0.4, -0.2) is 62.8 Å². The molecule has 2 aliphatic rings.